The quantitative estimate of drug-likeness (QED) is 0.497. The minimum Gasteiger partial charge on any atom is -0.445 e. The number of carbonyl (C=O) groups excluding carboxylic acids is 2. The standard InChI is InChI=1S/C29H35N5O3/c1-22(2)21-37-29(36)33-19-17-31(18-20-33)27-26(28(35)32-15-13-30(3)14-16-32)24-11-7-8-12-25(24)34(27)23-9-5-4-6-10-23/h4-12H,1,13-21H2,2-3H3. The van der Waals surface area contributed by atoms with Crippen molar-refractivity contribution in [1.29, 1.82) is 0 Å². The number of hydrogen-bond acceptors (Lipinski definition) is 5. The molecule has 3 aromatic rings. The van der Waals surface area contributed by atoms with Gasteiger partial charge in [0.25, 0.3) is 5.91 Å². The summed E-state index contributed by atoms with van der Waals surface area (Å²) in [5.74, 6) is 0.962. The summed E-state index contributed by atoms with van der Waals surface area (Å²) < 4.78 is 7.58. The fraction of sp³-hybridized carbons (Fsp3) is 0.379. The second kappa shape index (κ2) is 10.7. The lowest BCUT2D eigenvalue weighted by atomic mass is 10.1. The topological polar surface area (TPSA) is 61.3 Å². The molecule has 0 spiro atoms. The molecule has 0 atom stereocenters. The molecule has 0 aliphatic carbocycles. The van der Waals surface area contributed by atoms with E-state index in [4.69, 9.17) is 4.74 Å². The van der Waals surface area contributed by atoms with E-state index in [9.17, 15) is 9.59 Å². The van der Waals surface area contributed by atoms with Crippen LogP contribution in [0.15, 0.2) is 66.7 Å². The van der Waals surface area contributed by atoms with Crippen LogP contribution in [0, 0.1) is 0 Å². The van der Waals surface area contributed by atoms with Crippen molar-refractivity contribution in [2.24, 2.45) is 0 Å². The molecular formula is C29H35N5O3. The largest absolute Gasteiger partial charge is 0.445 e. The maximum Gasteiger partial charge on any atom is 0.410 e. The van der Waals surface area contributed by atoms with Crippen molar-refractivity contribution in [3.05, 3.63) is 72.3 Å². The fourth-order valence-electron chi connectivity index (χ4n) is 5.12. The van der Waals surface area contributed by atoms with Gasteiger partial charge in [0.05, 0.1) is 11.1 Å². The summed E-state index contributed by atoms with van der Waals surface area (Å²) in [6.07, 6.45) is -0.319. The molecule has 2 amide bonds. The van der Waals surface area contributed by atoms with Crippen molar-refractivity contribution >= 4 is 28.7 Å². The van der Waals surface area contributed by atoms with Crippen molar-refractivity contribution in [3.63, 3.8) is 0 Å². The van der Waals surface area contributed by atoms with Crippen LogP contribution in [0.2, 0.25) is 0 Å². The van der Waals surface area contributed by atoms with Gasteiger partial charge < -0.3 is 24.3 Å². The van der Waals surface area contributed by atoms with Gasteiger partial charge in [0.15, 0.2) is 0 Å². The number of aromatic nitrogens is 1. The van der Waals surface area contributed by atoms with Crippen LogP contribution in [-0.4, -0.2) is 97.3 Å². The van der Waals surface area contributed by atoms with E-state index in [1.54, 1.807) is 4.90 Å². The van der Waals surface area contributed by atoms with Crippen molar-refractivity contribution in [2.45, 2.75) is 6.92 Å². The maximum absolute atomic E-state index is 14.1. The van der Waals surface area contributed by atoms with Crippen molar-refractivity contribution in [2.75, 3.05) is 70.9 Å². The van der Waals surface area contributed by atoms with Gasteiger partial charge in [-0.05, 0) is 37.7 Å². The number of anilines is 1. The predicted molar refractivity (Wildman–Crippen MR) is 147 cm³/mol. The Labute approximate surface area is 218 Å². The molecule has 37 heavy (non-hydrogen) atoms. The first-order valence-corrected chi connectivity index (χ1v) is 12.9. The van der Waals surface area contributed by atoms with Gasteiger partial charge in [0.2, 0.25) is 0 Å². The first-order chi connectivity index (χ1) is 17.9. The highest BCUT2D eigenvalue weighted by Crippen LogP contribution is 2.37. The zero-order valence-electron chi connectivity index (χ0n) is 21.7. The zero-order chi connectivity index (χ0) is 25.9. The highest BCUT2D eigenvalue weighted by atomic mass is 16.6. The molecule has 2 aromatic carbocycles. The summed E-state index contributed by atoms with van der Waals surface area (Å²) in [6, 6.07) is 18.3. The Kier molecular flexibility index (Phi) is 7.19. The van der Waals surface area contributed by atoms with Gasteiger partial charge in [0.1, 0.15) is 12.4 Å². The summed E-state index contributed by atoms with van der Waals surface area (Å²) in [5.41, 5.74) is 3.56. The van der Waals surface area contributed by atoms with E-state index in [1.807, 2.05) is 48.2 Å². The number of benzene rings is 2. The van der Waals surface area contributed by atoms with Crippen LogP contribution in [-0.2, 0) is 4.74 Å². The van der Waals surface area contributed by atoms with Gasteiger partial charge in [0, 0.05) is 63.4 Å². The second-order valence-electron chi connectivity index (χ2n) is 9.97. The first kappa shape index (κ1) is 24.9. The monoisotopic (exact) mass is 501 g/mol. The van der Waals surface area contributed by atoms with E-state index in [1.165, 1.54) is 0 Å². The minimum absolute atomic E-state index is 0.0669. The molecule has 2 fully saturated rings. The van der Waals surface area contributed by atoms with E-state index in [0.717, 1.165) is 46.6 Å². The smallest absolute Gasteiger partial charge is 0.410 e. The molecule has 0 N–H and O–H groups in total. The van der Waals surface area contributed by atoms with Crippen LogP contribution >= 0.6 is 0 Å². The van der Waals surface area contributed by atoms with Crippen LogP contribution in [0.5, 0.6) is 0 Å². The molecule has 2 saturated heterocycles. The molecule has 3 heterocycles. The maximum atomic E-state index is 14.1. The molecule has 5 rings (SSSR count). The van der Waals surface area contributed by atoms with Crippen LogP contribution in [0.25, 0.3) is 16.6 Å². The highest BCUT2D eigenvalue weighted by Gasteiger charge is 2.33. The SMILES string of the molecule is C=C(C)COC(=O)N1CCN(c2c(C(=O)N3CCN(C)CC3)c3ccccc3n2-c2ccccc2)CC1. The van der Waals surface area contributed by atoms with Crippen LogP contribution < -0.4 is 4.90 Å². The Bertz CT molecular complexity index is 1290. The zero-order valence-corrected chi connectivity index (χ0v) is 21.7. The number of rotatable bonds is 5. The normalized spacial score (nSPS) is 16.8. The number of para-hydroxylation sites is 2. The van der Waals surface area contributed by atoms with E-state index >= 15 is 0 Å². The molecule has 0 saturated carbocycles. The molecule has 8 nitrogen and oxygen atoms in total. The van der Waals surface area contributed by atoms with Crippen LogP contribution in [0.4, 0.5) is 10.6 Å². The number of likely N-dealkylation sites (N-methyl/N-ethyl adjacent to an activating group) is 1. The van der Waals surface area contributed by atoms with Crippen molar-refractivity contribution in [3.8, 4) is 5.69 Å². The van der Waals surface area contributed by atoms with E-state index < -0.39 is 0 Å². The Balaban J connectivity index is 1.54. The summed E-state index contributed by atoms with van der Waals surface area (Å²) in [5, 5.41) is 0.952. The first-order valence-electron chi connectivity index (χ1n) is 12.9. The number of nitrogens with zero attached hydrogens (tertiary/aromatic N) is 5. The van der Waals surface area contributed by atoms with Crippen LogP contribution in [0.1, 0.15) is 17.3 Å². The Morgan fingerprint density at radius 1 is 0.838 bits per heavy atom. The van der Waals surface area contributed by atoms with Gasteiger partial charge >= 0.3 is 6.09 Å². The lowest BCUT2D eigenvalue weighted by molar-refractivity contribution is 0.0666. The Hall–Kier alpha value is -3.78. The number of piperazine rings is 2. The molecule has 0 bridgehead atoms. The number of hydrogen-bond donors (Lipinski definition) is 0. The lowest BCUT2D eigenvalue weighted by Crippen LogP contribution is -2.50. The predicted octanol–water partition coefficient (Wildman–Crippen LogP) is 3.85. The molecule has 194 valence electrons. The molecular weight excluding hydrogens is 466 g/mol. The summed E-state index contributed by atoms with van der Waals surface area (Å²) >= 11 is 0. The molecule has 0 unspecified atom stereocenters. The van der Waals surface area contributed by atoms with Gasteiger partial charge in [-0.15, -0.1) is 0 Å². The summed E-state index contributed by atoms with van der Waals surface area (Å²) in [6.45, 7) is 11.3. The third kappa shape index (κ3) is 5.06. The van der Waals surface area contributed by atoms with E-state index in [-0.39, 0.29) is 18.6 Å². The number of ether oxygens (including phenoxy) is 1. The lowest BCUT2D eigenvalue weighted by Gasteiger charge is -2.37. The molecule has 0 radical (unpaired) electrons. The number of amides is 2. The van der Waals surface area contributed by atoms with Crippen LogP contribution in [0.3, 0.4) is 0 Å². The minimum atomic E-state index is -0.319. The number of fused-ring (bicyclic) bond motifs is 1. The van der Waals surface area contributed by atoms with Gasteiger partial charge in [-0.1, -0.05) is 43.0 Å². The molecule has 8 heteroatoms. The van der Waals surface area contributed by atoms with Gasteiger partial charge in [-0.25, -0.2) is 4.79 Å². The fourth-order valence-corrected chi connectivity index (χ4v) is 5.12. The summed E-state index contributed by atoms with van der Waals surface area (Å²) in [4.78, 5) is 34.9. The van der Waals surface area contributed by atoms with Gasteiger partial charge in [-0.2, -0.15) is 0 Å². The molecule has 1 aromatic heterocycles. The summed E-state index contributed by atoms with van der Waals surface area (Å²) in [7, 11) is 2.09. The van der Waals surface area contributed by atoms with E-state index in [0.29, 0.717) is 39.3 Å². The number of carbonyl (C=O) groups is 2. The second-order valence-corrected chi connectivity index (χ2v) is 9.97. The third-order valence-electron chi connectivity index (χ3n) is 7.15. The Morgan fingerprint density at radius 3 is 2.14 bits per heavy atom. The Morgan fingerprint density at radius 2 is 1.46 bits per heavy atom. The van der Waals surface area contributed by atoms with Crippen molar-refractivity contribution in [1.82, 2.24) is 19.3 Å². The molecule has 2 aliphatic rings. The van der Waals surface area contributed by atoms with E-state index in [2.05, 4.69) is 46.2 Å². The average molecular weight is 502 g/mol. The third-order valence-corrected chi connectivity index (χ3v) is 7.15. The molecule has 2 aliphatic heterocycles. The van der Waals surface area contributed by atoms with Crippen molar-refractivity contribution < 1.29 is 14.3 Å². The highest BCUT2D eigenvalue weighted by molar-refractivity contribution is 6.13. The van der Waals surface area contributed by atoms with Gasteiger partial charge in [-0.3, -0.25) is 9.36 Å². The average Bonchev–Trinajstić information content (AvgIpc) is 3.27.